The van der Waals surface area contributed by atoms with Gasteiger partial charge in [-0.25, -0.2) is 4.39 Å². The van der Waals surface area contributed by atoms with Crippen molar-refractivity contribution in [3.63, 3.8) is 0 Å². The van der Waals surface area contributed by atoms with Gasteiger partial charge in [0.25, 0.3) is 0 Å². The molecular formula is C22H31FN2O3. The molecule has 1 atom stereocenters. The fourth-order valence-corrected chi connectivity index (χ4v) is 4.15. The summed E-state index contributed by atoms with van der Waals surface area (Å²) >= 11 is 0. The number of ether oxygens (including phenoxy) is 1. The smallest absolute Gasteiger partial charge is 0.225 e. The third-order valence-electron chi connectivity index (χ3n) is 5.77. The minimum Gasteiger partial charge on any atom is -0.493 e. The summed E-state index contributed by atoms with van der Waals surface area (Å²) in [5.41, 5.74) is 0. The zero-order valence-corrected chi connectivity index (χ0v) is 16.7. The molecule has 6 heteroatoms. The van der Waals surface area contributed by atoms with E-state index in [-0.39, 0.29) is 23.5 Å². The number of hydrogen-bond donors (Lipinski definition) is 0. The molecule has 0 aliphatic carbocycles. The van der Waals surface area contributed by atoms with Crippen LogP contribution in [0.4, 0.5) is 4.39 Å². The van der Waals surface area contributed by atoms with Crippen LogP contribution in [0.5, 0.6) is 5.75 Å². The molecule has 0 N–H and O–H groups in total. The van der Waals surface area contributed by atoms with Gasteiger partial charge < -0.3 is 14.5 Å². The second-order valence-electron chi connectivity index (χ2n) is 8.10. The van der Waals surface area contributed by atoms with Gasteiger partial charge >= 0.3 is 0 Å². The van der Waals surface area contributed by atoms with Gasteiger partial charge in [-0.05, 0) is 50.2 Å². The van der Waals surface area contributed by atoms with E-state index in [0.29, 0.717) is 44.2 Å². The van der Waals surface area contributed by atoms with Crippen LogP contribution in [0.15, 0.2) is 24.3 Å². The van der Waals surface area contributed by atoms with Gasteiger partial charge in [0, 0.05) is 44.6 Å². The van der Waals surface area contributed by atoms with Crippen molar-refractivity contribution in [2.75, 3.05) is 32.8 Å². The van der Waals surface area contributed by atoms with Crippen molar-refractivity contribution in [1.82, 2.24) is 9.80 Å². The summed E-state index contributed by atoms with van der Waals surface area (Å²) in [6.07, 6.45) is 4.84. The van der Waals surface area contributed by atoms with E-state index in [1.807, 2.05) is 9.80 Å². The highest BCUT2D eigenvalue weighted by Crippen LogP contribution is 2.24. The average molecular weight is 390 g/mol. The lowest BCUT2D eigenvalue weighted by atomic mass is 9.92. The van der Waals surface area contributed by atoms with Gasteiger partial charge in [-0.2, -0.15) is 0 Å². The van der Waals surface area contributed by atoms with Crippen LogP contribution in [0, 0.1) is 17.7 Å². The third-order valence-corrected chi connectivity index (χ3v) is 5.77. The van der Waals surface area contributed by atoms with Gasteiger partial charge in [0.05, 0.1) is 6.61 Å². The number of carbonyl (C=O) groups is 2. The summed E-state index contributed by atoms with van der Waals surface area (Å²) in [6.45, 7) is 5.67. The number of carbonyl (C=O) groups excluding carboxylic acids is 2. The van der Waals surface area contributed by atoms with Crippen molar-refractivity contribution >= 4 is 11.8 Å². The van der Waals surface area contributed by atoms with Gasteiger partial charge in [0.1, 0.15) is 11.6 Å². The van der Waals surface area contributed by atoms with Crippen molar-refractivity contribution in [2.24, 2.45) is 11.8 Å². The summed E-state index contributed by atoms with van der Waals surface area (Å²) in [5, 5.41) is 0. The van der Waals surface area contributed by atoms with Crippen molar-refractivity contribution in [3.05, 3.63) is 30.1 Å². The van der Waals surface area contributed by atoms with E-state index >= 15 is 0 Å². The Kier molecular flexibility index (Phi) is 7.29. The molecule has 3 rings (SSSR count). The van der Waals surface area contributed by atoms with Crippen molar-refractivity contribution < 1.29 is 18.7 Å². The first-order valence-corrected chi connectivity index (χ1v) is 10.5. The quantitative estimate of drug-likeness (QED) is 0.699. The summed E-state index contributed by atoms with van der Waals surface area (Å²) < 4.78 is 18.6. The molecule has 2 fully saturated rings. The Morgan fingerprint density at radius 1 is 1.14 bits per heavy atom. The molecule has 5 nitrogen and oxygen atoms in total. The normalized spacial score (nSPS) is 20.9. The van der Waals surface area contributed by atoms with Gasteiger partial charge in [-0.1, -0.05) is 13.0 Å². The Morgan fingerprint density at radius 3 is 2.64 bits per heavy atom. The van der Waals surface area contributed by atoms with Crippen LogP contribution in [-0.2, 0) is 9.59 Å². The maximum absolute atomic E-state index is 13.1. The van der Waals surface area contributed by atoms with Crippen LogP contribution in [-0.4, -0.2) is 54.4 Å². The number of piperidine rings is 2. The fraction of sp³-hybridized carbons (Fsp3) is 0.636. The predicted octanol–water partition coefficient (Wildman–Crippen LogP) is 3.48. The number of benzene rings is 1. The number of likely N-dealkylation sites (tertiary alicyclic amines) is 2. The standard InChI is InChI=1S/C22H31FN2O3/c1-17-5-3-11-25(16-17)22(27)18-9-12-24(13-10-18)21(26)8-4-14-28-20-7-2-6-19(23)15-20/h2,6-7,15,17-18H,3-5,8-14,16H2,1H3. The molecule has 0 spiro atoms. The summed E-state index contributed by atoms with van der Waals surface area (Å²) in [4.78, 5) is 29.0. The Hall–Kier alpha value is -2.11. The highest BCUT2D eigenvalue weighted by atomic mass is 19.1. The molecule has 2 amide bonds. The van der Waals surface area contributed by atoms with Crippen molar-refractivity contribution in [1.29, 1.82) is 0 Å². The number of rotatable bonds is 6. The highest BCUT2D eigenvalue weighted by molar-refractivity contribution is 5.80. The first kappa shape index (κ1) is 20.6. The lowest BCUT2D eigenvalue weighted by molar-refractivity contribution is -0.142. The van der Waals surface area contributed by atoms with E-state index < -0.39 is 0 Å². The molecule has 0 radical (unpaired) electrons. The molecule has 1 aromatic carbocycles. The monoisotopic (exact) mass is 390 g/mol. The lowest BCUT2D eigenvalue weighted by Crippen LogP contribution is -2.47. The van der Waals surface area contributed by atoms with Crippen LogP contribution in [0.25, 0.3) is 0 Å². The fourth-order valence-electron chi connectivity index (χ4n) is 4.15. The summed E-state index contributed by atoms with van der Waals surface area (Å²) in [6, 6.07) is 6.02. The highest BCUT2D eigenvalue weighted by Gasteiger charge is 2.31. The lowest BCUT2D eigenvalue weighted by Gasteiger charge is -2.37. The molecule has 28 heavy (non-hydrogen) atoms. The third kappa shape index (κ3) is 5.69. The second-order valence-corrected chi connectivity index (χ2v) is 8.10. The summed E-state index contributed by atoms with van der Waals surface area (Å²) in [7, 11) is 0. The Labute approximate surface area is 166 Å². The average Bonchev–Trinajstić information content (AvgIpc) is 2.71. The molecule has 0 bridgehead atoms. The van der Waals surface area contributed by atoms with Crippen molar-refractivity contribution in [2.45, 2.75) is 45.4 Å². The molecular weight excluding hydrogens is 359 g/mol. The molecule has 154 valence electrons. The first-order chi connectivity index (χ1) is 13.5. The Morgan fingerprint density at radius 2 is 1.93 bits per heavy atom. The zero-order chi connectivity index (χ0) is 19.9. The van der Waals surface area contributed by atoms with E-state index in [1.54, 1.807) is 12.1 Å². The van der Waals surface area contributed by atoms with Gasteiger partial charge in [-0.3, -0.25) is 9.59 Å². The molecule has 2 saturated heterocycles. The number of nitrogens with zero attached hydrogens (tertiary/aromatic N) is 2. The maximum atomic E-state index is 13.1. The molecule has 0 aromatic heterocycles. The van der Waals surface area contributed by atoms with Gasteiger partial charge in [0.2, 0.25) is 11.8 Å². The van der Waals surface area contributed by atoms with Crippen LogP contribution < -0.4 is 4.74 Å². The van der Waals surface area contributed by atoms with E-state index in [1.165, 1.54) is 18.6 Å². The maximum Gasteiger partial charge on any atom is 0.225 e. The van der Waals surface area contributed by atoms with E-state index in [4.69, 9.17) is 4.74 Å². The SMILES string of the molecule is CC1CCCN(C(=O)C2CCN(C(=O)CCCOc3cccc(F)c3)CC2)C1. The number of amides is 2. The summed E-state index contributed by atoms with van der Waals surface area (Å²) in [5.74, 6) is 1.20. The van der Waals surface area contributed by atoms with Gasteiger partial charge in [-0.15, -0.1) is 0 Å². The minimum absolute atomic E-state index is 0.0608. The Balaban J connectivity index is 1.35. The largest absolute Gasteiger partial charge is 0.493 e. The topological polar surface area (TPSA) is 49.9 Å². The van der Waals surface area contributed by atoms with E-state index in [0.717, 1.165) is 32.4 Å². The van der Waals surface area contributed by atoms with Crippen LogP contribution in [0.1, 0.15) is 45.4 Å². The number of halogens is 1. The first-order valence-electron chi connectivity index (χ1n) is 10.5. The van der Waals surface area contributed by atoms with E-state index in [9.17, 15) is 14.0 Å². The molecule has 1 unspecified atom stereocenters. The number of hydrogen-bond acceptors (Lipinski definition) is 3. The van der Waals surface area contributed by atoms with Gasteiger partial charge in [0.15, 0.2) is 0 Å². The van der Waals surface area contributed by atoms with E-state index in [2.05, 4.69) is 6.92 Å². The minimum atomic E-state index is -0.329. The second kappa shape index (κ2) is 9.89. The molecule has 2 aliphatic rings. The predicted molar refractivity (Wildman–Crippen MR) is 105 cm³/mol. The molecule has 2 heterocycles. The van der Waals surface area contributed by atoms with Crippen LogP contribution in [0.2, 0.25) is 0 Å². The molecule has 1 aromatic rings. The zero-order valence-electron chi connectivity index (χ0n) is 16.7. The van der Waals surface area contributed by atoms with Crippen LogP contribution >= 0.6 is 0 Å². The Bertz CT molecular complexity index is 674. The molecule has 2 aliphatic heterocycles. The molecule has 0 saturated carbocycles. The van der Waals surface area contributed by atoms with Crippen molar-refractivity contribution in [3.8, 4) is 5.75 Å². The van der Waals surface area contributed by atoms with Crippen LogP contribution in [0.3, 0.4) is 0 Å².